The zero-order valence-electron chi connectivity index (χ0n) is 13.1. The molecule has 2 rings (SSSR count). The van der Waals surface area contributed by atoms with Crippen LogP contribution in [-0.4, -0.2) is 33.5 Å². The van der Waals surface area contributed by atoms with Gasteiger partial charge in [0, 0.05) is 13.1 Å². The minimum absolute atomic E-state index is 0.241. The molecule has 8 heteroatoms. The lowest BCUT2D eigenvalue weighted by Gasteiger charge is -2.20. The van der Waals surface area contributed by atoms with Crippen LogP contribution in [0.5, 0.6) is 11.5 Å². The second-order valence-corrected chi connectivity index (χ2v) is 8.56. The zero-order valence-corrected chi connectivity index (χ0v) is 15.5. The van der Waals surface area contributed by atoms with Crippen LogP contribution in [0.25, 0.3) is 0 Å². The Morgan fingerprint density at radius 2 is 1.83 bits per heavy atom. The molecule has 0 saturated carbocycles. The molecular weight excluding hydrogens is 358 g/mol. The molecule has 23 heavy (non-hydrogen) atoms. The van der Waals surface area contributed by atoms with E-state index in [-0.39, 0.29) is 10.8 Å². The van der Waals surface area contributed by atoms with Crippen LogP contribution < -0.4 is 9.47 Å². The molecular formula is C15H18ClNO4S2. The van der Waals surface area contributed by atoms with Crippen LogP contribution in [0.1, 0.15) is 12.5 Å². The van der Waals surface area contributed by atoms with Crippen molar-refractivity contribution < 1.29 is 17.9 Å². The number of hydrogen-bond acceptors (Lipinski definition) is 5. The molecule has 2 aromatic rings. The molecule has 0 saturated heterocycles. The third-order valence-electron chi connectivity index (χ3n) is 3.30. The van der Waals surface area contributed by atoms with Gasteiger partial charge in [-0.25, -0.2) is 8.42 Å². The summed E-state index contributed by atoms with van der Waals surface area (Å²) >= 11 is 6.91. The summed E-state index contributed by atoms with van der Waals surface area (Å²) in [6, 6.07) is 8.47. The van der Waals surface area contributed by atoms with Crippen LogP contribution in [0.3, 0.4) is 0 Å². The molecule has 5 nitrogen and oxygen atoms in total. The summed E-state index contributed by atoms with van der Waals surface area (Å²) in [4.78, 5) is 0. The number of nitrogens with zero attached hydrogens (tertiary/aromatic N) is 1. The normalized spacial score (nSPS) is 11.7. The highest BCUT2D eigenvalue weighted by Crippen LogP contribution is 2.31. The van der Waals surface area contributed by atoms with Crippen LogP contribution in [0, 0.1) is 0 Å². The zero-order chi connectivity index (χ0) is 17.0. The van der Waals surface area contributed by atoms with Gasteiger partial charge in [-0.1, -0.05) is 24.6 Å². The van der Waals surface area contributed by atoms with Crippen molar-refractivity contribution >= 4 is 33.0 Å². The molecule has 0 aliphatic heterocycles. The standard InChI is InChI=1S/C15H18ClNO4S2/c1-4-17(23(18,19)15-8-7-14(16)22-15)10-11-5-6-12(20-2)13(9-11)21-3/h5-9H,4,10H2,1-3H3. The number of rotatable bonds is 7. The molecule has 1 aromatic carbocycles. The first-order chi connectivity index (χ1) is 10.9. The lowest BCUT2D eigenvalue weighted by atomic mass is 10.2. The second kappa shape index (κ2) is 7.53. The van der Waals surface area contributed by atoms with E-state index in [4.69, 9.17) is 21.1 Å². The predicted molar refractivity (Wildman–Crippen MR) is 92.1 cm³/mol. The van der Waals surface area contributed by atoms with Gasteiger partial charge < -0.3 is 9.47 Å². The molecule has 0 bridgehead atoms. The fourth-order valence-electron chi connectivity index (χ4n) is 2.11. The highest BCUT2D eigenvalue weighted by Gasteiger charge is 2.25. The summed E-state index contributed by atoms with van der Waals surface area (Å²) in [5.74, 6) is 1.17. The van der Waals surface area contributed by atoms with Gasteiger partial charge in [0.25, 0.3) is 10.0 Å². The fourth-order valence-corrected chi connectivity index (χ4v) is 5.19. The van der Waals surface area contributed by atoms with E-state index in [0.717, 1.165) is 16.9 Å². The SMILES string of the molecule is CCN(Cc1ccc(OC)c(OC)c1)S(=O)(=O)c1ccc(Cl)s1. The van der Waals surface area contributed by atoms with Crippen molar-refractivity contribution in [1.29, 1.82) is 0 Å². The monoisotopic (exact) mass is 375 g/mol. The van der Waals surface area contributed by atoms with Gasteiger partial charge in [0.1, 0.15) is 4.21 Å². The van der Waals surface area contributed by atoms with Gasteiger partial charge in [0.05, 0.1) is 18.6 Å². The molecule has 0 atom stereocenters. The minimum atomic E-state index is -3.57. The number of benzene rings is 1. The molecule has 0 spiro atoms. The van der Waals surface area contributed by atoms with Crippen LogP contribution in [0.2, 0.25) is 4.34 Å². The van der Waals surface area contributed by atoms with E-state index in [9.17, 15) is 8.42 Å². The van der Waals surface area contributed by atoms with Gasteiger partial charge in [-0.05, 0) is 29.8 Å². The van der Waals surface area contributed by atoms with Crippen LogP contribution >= 0.6 is 22.9 Å². The molecule has 126 valence electrons. The van der Waals surface area contributed by atoms with E-state index < -0.39 is 10.0 Å². The minimum Gasteiger partial charge on any atom is -0.493 e. The van der Waals surface area contributed by atoms with Crippen LogP contribution in [0.15, 0.2) is 34.5 Å². The Hall–Kier alpha value is -1.28. The lowest BCUT2D eigenvalue weighted by molar-refractivity contribution is 0.353. The number of ether oxygens (including phenoxy) is 2. The predicted octanol–water partition coefficient (Wildman–Crippen LogP) is 3.63. The van der Waals surface area contributed by atoms with Gasteiger partial charge >= 0.3 is 0 Å². The van der Waals surface area contributed by atoms with Gasteiger partial charge in [-0.3, -0.25) is 0 Å². The Labute approximate surface area is 145 Å². The lowest BCUT2D eigenvalue weighted by Crippen LogP contribution is -2.29. The van der Waals surface area contributed by atoms with Gasteiger partial charge in [-0.2, -0.15) is 4.31 Å². The number of hydrogen-bond donors (Lipinski definition) is 0. The van der Waals surface area contributed by atoms with Crippen molar-refractivity contribution in [3.8, 4) is 11.5 Å². The van der Waals surface area contributed by atoms with Crippen LogP contribution in [-0.2, 0) is 16.6 Å². The summed E-state index contributed by atoms with van der Waals surface area (Å²) in [5.41, 5.74) is 0.815. The first-order valence-electron chi connectivity index (χ1n) is 6.88. The molecule has 0 aliphatic rings. The number of thiophene rings is 1. The number of methoxy groups -OCH3 is 2. The van der Waals surface area contributed by atoms with Crippen molar-refractivity contribution in [2.75, 3.05) is 20.8 Å². The van der Waals surface area contributed by atoms with Gasteiger partial charge in [-0.15, -0.1) is 11.3 Å². The van der Waals surface area contributed by atoms with Crippen LogP contribution in [0.4, 0.5) is 0 Å². The maximum Gasteiger partial charge on any atom is 0.252 e. The van der Waals surface area contributed by atoms with E-state index in [1.54, 1.807) is 39.3 Å². The van der Waals surface area contributed by atoms with E-state index >= 15 is 0 Å². The largest absolute Gasteiger partial charge is 0.493 e. The molecule has 0 amide bonds. The van der Waals surface area contributed by atoms with Crippen molar-refractivity contribution in [3.63, 3.8) is 0 Å². The van der Waals surface area contributed by atoms with Crippen molar-refractivity contribution in [1.82, 2.24) is 4.31 Å². The molecule has 0 radical (unpaired) electrons. The molecule has 0 N–H and O–H groups in total. The third-order valence-corrected chi connectivity index (χ3v) is 6.92. The number of sulfonamides is 1. The average molecular weight is 376 g/mol. The number of halogens is 1. The second-order valence-electron chi connectivity index (χ2n) is 4.68. The summed E-state index contributed by atoms with van der Waals surface area (Å²) in [6.45, 7) is 2.40. The Balaban J connectivity index is 2.29. The van der Waals surface area contributed by atoms with Crippen molar-refractivity contribution in [2.24, 2.45) is 0 Å². The first kappa shape index (κ1) is 18.1. The smallest absolute Gasteiger partial charge is 0.252 e. The Morgan fingerprint density at radius 1 is 1.13 bits per heavy atom. The first-order valence-corrected chi connectivity index (χ1v) is 9.52. The van der Waals surface area contributed by atoms with E-state index in [1.165, 1.54) is 10.4 Å². The van der Waals surface area contributed by atoms with E-state index in [1.807, 2.05) is 6.07 Å². The highest BCUT2D eigenvalue weighted by molar-refractivity contribution is 7.91. The Bertz CT molecular complexity index is 774. The summed E-state index contributed by atoms with van der Waals surface area (Å²) in [6.07, 6.45) is 0. The molecule has 1 heterocycles. The quantitative estimate of drug-likeness (QED) is 0.741. The molecule has 0 fully saturated rings. The van der Waals surface area contributed by atoms with Crippen molar-refractivity contribution in [2.45, 2.75) is 17.7 Å². The van der Waals surface area contributed by atoms with Gasteiger partial charge in [0.2, 0.25) is 0 Å². The Kier molecular flexibility index (Phi) is 5.91. The fraction of sp³-hybridized carbons (Fsp3) is 0.333. The average Bonchev–Trinajstić information content (AvgIpc) is 2.99. The Morgan fingerprint density at radius 3 is 2.35 bits per heavy atom. The third kappa shape index (κ3) is 3.98. The highest BCUT2D eigenvalue weighted by atomic mass is 35.5. The molecule has 0 unspecified atom stereocenters. The van der Waals surface area contributed by atoms with E-state index in [2.05, 4.69) is 0 Å². The summed E-state index contributed by atoms with van der Waals surface area (Å²) < 4.78 is 37.9. The van der Waals surface area contributed by atoms with E-state index in [0.29, 0.717) is 22.4 Å². The van der Waals surface area contributed by atoms with Gasteiger partial charge in [0.15, 0.2) is 11.5 Å². The maximum absolute atomic E-state index is 12.7. The topological polar surface area (TPSA) is 55.8 Å². The molecule has 1 aromatic heterocycles. The van der Waals surface area contributed by atoms with Crippen molar-refractivity contribution in [3.05, 3.63) is 40.2 Å². The summed E-state index contributed by atoms with van der Waals surface area (Å²) in [7, 11) is -0.467. The maximum atomic E-state index is 12.7. The summed E-state index contributed by atoms with van der Waals surface area (Å²) in [5, 5.41) is 0. The molecule has 0 aliphatic carbocycles.